The van der Waals surface area contributed by atoms with Crippen molar-refractivity contribution in [1.82, 2.24) is 4.90 Å². The monoisotopic (exact) mass is 343 g/mol. The summed E-state index contributed by atoms with van der Waals surface area (Å²) in [5.74, 6) is 0.296. The molecule has 138 valence electrons. The number of ether oxygens (including phenoxy) is 5. The van der Waals surface area contributed by atoms with E-state index in [0.29, 0.717) is 12.4 Å². The molecule has 0 unspecified atom stereocenters. The van der Waals surface area contributed by atoms with Crippen LogP contribution in [0.1, 0.15) is 34.1 Å². The third-order valence-corrected chi connectivity index (χ3v) is 5.32. The Labute approximate surface area is 143 Å². The van der Waals surface area contributed by atoms with E-state index in [4.69, 9.17) is 23.7 Å². The third-order valence-electron chi connectivity index (χ3n) is 5.32. The second kappa shape index (κ2) is 7.27. The van der Waals surface area contributed by atoms with E-state index in [0.717, 1.165) is 18.5 Å². The lowest BCUT2D eigenvalue weighted by Gasteiger charge is -2.40. The van der Waals surface area contributed by atoms with Crippen molar-refractivity contribution in [2.45, 2.75) is 77.3 Å². The Bertz CT molecular complexity index is 480. The normalized spacial score (nSPS) is 42.2. The van der Waals surface area contributed by atoms with E-state index in [2.05, 4.69) is 4.90 Å². The summed E-state index contributed by atoms with van der Waals surface area (Å²) in [6.45, 7) is 8.93. The molecule has 1 N–H and O–H groups in total. The highest BCUT2D eigenvalue weighted by Gasteiger charge is 2.53. The standard InChI is InChI=1S/C17H29NO6/c1-9(10(2)19)11(3)22-14-8-13-15(12(4)23-14)24-16-17(20-5)21-7-6-18(13)16/h11-17,19H,6-8H2,1-5H3/b10-9-/t11-,12-,13-,14+,15+,16+,17-/m0/s1. The van der Waals surface area contributed by atoms with Gasteiger partial charge in [-0.15, -0.1) is 0 Å². The average molecular weight is 343 g/mol. The minimum absolute atomic E-state index is 0.0132. The fourth-order valence-corrected chi connectivity index (χ4v) is 3.74. The van der Waals surface area contributed by atoms with E-state index < -0.39 is 0 Å². The van der Waals surface area contributed by atoms with Crippen molar-refractivity contribution in [2.24, 2.45) is 0 Å². The molecule has 0 amide bonds. The molecule has 24 heavy (non-hydrogen) atoms. The van der Waals surface area contributed by atoms with E-state index in [9.17, 15) is 5.11 Å². The molecule has 3 saturated heterocycles. The van der Waals surface area contributed by atoms with Crippen LogP contribution in [-0.4, -0.2) is 73.4 Å². The highest BCUT2D eigenvalue weighted by molar-refractivity contribution is 5.07. The molecular weight excluding hydrogens is 314 g/mol. The Morgan fingerprint density at radius 3 is 2.71 bits per heavy atom. The van der Waals surface area contributed by atoms with Gasteiger partial charge in [0.1, 0.15) is 6.10 Å². The van der Waals surface area contributed by atoms with Gasteiger partial charge in [-0.1, -0.05) is 0 Å². The maximum Gasteiger partial charge on any atom is 0.197 e. The number of hydrogen-bond donors (Lipinski definition) is 1. The topological polar surface area (TPSA) is 69.6 Å². The highest BCUT2D eigenvalue weighted by atomic mass is 16.7. The predicted molar refractivity (Wildman–Crippen MR) is 86.4 cm³/mol. The van der Waals surface area contributed by atoms with Gasteiger partial charge in [-0.2, -0.15) is 0 Å². The summed E-state index contributed by atoms with van der Waals surface area (Å²) in [6.07, 6.45) is -0.442. The van der Waals surface area contributed by atoms with Crippen molar-refractivity contribution in [3.05, 3.63) is 11.3 Å². The van der Waals surface area contributed by atoms with E-state index in [1.165, 1.54) is 0 Å². The zero-order valence-corrected chi connectivity index (χ0v) is 15.1. The van der Waals surface area contributed by atoms with Crippen LogP contribution in [0.25, 0.3) is 0 Å². The molecule has 7 nitrogen and oxygen atoms in total. The van der Waals surface area contributed by atoms with E-state index in [1.54, 1.807) is 14.0 Å². The van der Waals surface area contributed by atoms with Gasteiger partial charge in [0.15, 0.2) is 18.8 Å². The minimum Gasteiger partial charge on any atom is -0.513 e. The van der Waals surface area contributed by atoms with E-state index in [-0.39, 0.29) is 43.2 Å². The summed E-state index contributed by atoms with van der Waals surface area (Å²) in [4.78, 5) is 2.31. The van der Waals surface area contributed by atoms with Gasteiger partial charge in [-0.25, -0.2) is 0 Å². The summed E-state index contributed by atoms with van der Waals surface area (Å²) in [5.41, 5.74) is 0.819. The molecule has 0 aliphatic carbocycles. The van der Waals surface area contributed by atoms with Gasteiger partial charge in [-0.05, 0) is 33.3 Å². The Balaban J connectivity index is 1.69. The van der Waals surface area contributed by atoms with Gasteiger partial charge >= 0.3 is 0 Å². The molecule has 3 fully saturated rings. The molecule has 0 aromatic rings. The fraction of sp³-hybridized carbons (Fsp3) is 0.882. The van der Waals surface area contributed by atoms with Crippen molar-refractivity contribution in [2.75, 3.05) is 20.3 Å². The van der Waals surface area contributed by atoms with Crippen molar-refractivity contribution in [3.8, 4) is 0 Å². The summed E-state index contributed by atoms with van der Waals surface area (Å²) in [7, 11) is 1.64. The first-order valence-electron chi connectivity index (χ1n) is 8.65. The van der Waals surface area contributed by atoms with Gasteiger partial charge in [0.25, 0.3) is 0 Å². The number of morpholine rings is 1. The van der Waals surface area contributed by atoms with Gasteiger partial charge in [0.2, 0.25) is 0 Å². The Hall–Kier alpha value is -0.700. The molecule has 3 heterocycles. The van der Waals surface area contributed by atoms with Crippen LogP contribution in [0, 0.1) is 0 Å². The maximum atomic E-state index is 9.64. The number of hydrogen-bond acceptors (Lipinski definition) is 7. The van der Waals surface area contributed by atoms with Crippen LogP contribution >= 0.6 is 0 Å². The molecule has 0 aromatic heterocycles. The summed E-state index contributed by atoms with van der Waals surface area (Å²) >= 11 is 0. The smallest absolute Gasteiger partial charge is 0.197 e. The van der Waals surface area contributed by atoms with Crippen LogP contribution < -0.4 is 0 Å². The summed E-state index contributed by atoms with van der Waals surface area (Å²) in [6, 6.07) is 0.219. The van der Waals surface area contributed by atoms with Crippen LogP contribution in [0.15, 0.2) is 11.3 Å². The molecular formula is C17H29NO6. The second-order valence-corrected chi connectivity index (χ2v) is 6.82. The quantitative estimate of drug-likeness (QED) is 0.780. The predicted octanol–water partition coefficient (Wildman–Crippen LogP) is 1.78. The number of aliphatic hydroxyl groups excluding tert-OH is 1. The number of nitrogens with zero attached hydrogens (tertiary/aromatic N) is 1. The number of rotatable bonds is 4. The van der Waals surface area contributed by atoms with Gasteiger partial charge in [0.05, 0.1) is 24.6 Å². The van der Waals surface area contributed by atoms with Crippen LogP contribution in [0.3, 0.4) is 0 Å². The SMILES string of the molecule is CO[C@H]1OCCN2[C@@H]1O[C@@H]1[C@H](C)O[C@@H](O[C@@H](C)/C(C)=C(/C)O)C[C@@H]12. The van der Waals surface area contributed by atoms with E-state index in [1.807, 2.05) is 20.8 Å². The number of fused-ring (bicyclic) bond motifs is 3. The lowest BCUT2D eigenvalue weighted by Crippen LogP contribution is -2.55. The molecule has 3 rings (SSSR count). The van der Waals surface area contributed by atoms with Crippen molar-refractivity contribution in [1.29, 1.82) is 0 Å². The van der Waals surface area contributed by atoms with Gasteiger partial charge < -0.3 is 28.8 Å². The lowest BCUT2D eigenvalue weighted by atomic mass is 9.99. The zero-order chi connectivity index (χ0) is 17.4. The molecule has 0 radical (unpaired) electrons. The molecule has 3 aliphatic heterocycles. The van der Waals surface area contributed by atoms with Gasteiger partial charge in [-0.3, -0.25) is 4.90 Å². The summed E-state index contributed by atoms with van der Waals surface area (Å²) < 4.78 is 29.3. The summed E-state index contributed by atoms with van der Waals surface area (Å²) in [5, 5.41) is 9.64. The van der Waals surface area contributed by atoms with Gasteiger partial charge in [0, 0.05) is 26.1 Å². The number of allylic oxidation sites excluding steroid dienone is 1. The molecule has 3 aliphatic rings. The Kier molecular flexibility index (Phi) is 5.48. The first-order chi connectivity index (χ1) is 11.4. The number of aliphatic hydroxyl groups is 1. The molecule has 0 aromatic carbocycles. The third kappa shape index (κ3) is 3.34. The molecule has 0 spiro atoms. The van der Waals surface area contributed by atoms with Crippen molar-refractivity contribution in [3.63, 3.8) is 0 Å². The average Bonchev–Trinajstić information content (AvgIpc) is 2.93. The van der Waals surface area contributed by atoms with Crippen LogP contribution in [0.2, 0.25) is 0 Å². The van der Waals surface area contributed by atoms with Crippen LogP contribution in [0.5, 0.6) is 0 Å². The highest BCUT2D eigenvalue weighted by Crippen LogP contribution is 2.38. The fourth-order valence-electron chi connectivity index (χ4n) is 3.74. The Morgan fingerprint density at radius 2 is 2.04 bits per heavy atom. The molecule has 7 atom stereocenters. The molecule has 7 heteroatoms. The number of methoxy groups -OCH3 is 1. The zero-order valence-electron chi connectivity index (χ0n) is 15.1. The first kappa shape index (κ1) is 18.1. The lowest BCUT2D eigenvalue weighted by molar-refractivity contribution is -0.251. The largest absolute Gasteiger partial charge is 0.513 e. The van der Waals surface area contributed by atoms with Crippen LogP contribution in [0.4, 0.5) is 0 Å². The van der Waals surface area contributed by atoms with Crippen molar-refractivity contribution >= 4 is 0 Å². The van der Waals surface area contributed by atoms with E-state index >= 15 is 0 Å². The Morgan fingerprint density at radius 1 is 1.29 bits per heavy atom. The molecule has 0 bridgehead atoms. The van der Waals surface area contributed by atoms with Crippen LogP contribution in [-0.2, 0) is 23.7 Å². The first-order valence-corrected chi connectivity index (χ1v) is 8.65. The maximum absolute atomic E-state index is 9.64. The minimum atomic E-state index is -0.364. The molecule has 0 saturated carbocycles. The van der Waals surface area contributed by atoms with Crippen molar-refractivity contribution < 1.29 is 28.8 Å². The second-order valence-electron chi connectivity index (χ2n) is 6.82.